The summed E-state index contributed by atoms with van der Waals surface area (Å²) in [7, 11) is 0. The second-order valence-electron chi connectivity index (χ2n) is 7.31. The standard InChI is InChI=1S/C23H38O4/c1-2-3-4-5-6-7-8-9-10-11-12-13-14-15-16-17-22(24)26-20-21-18-19-23(25)27-21/h6-7,9-10,21H,2-5,8,11-20H2,1H3/b7-6-,10-9-/t21-/m1/s1. The highest BCUT2D eigenvalue weighted by Gasteiger charge is 2.24. The van der Waals surface area contributed by atoms with Crippen molar-refractivity contribution in [3.63, 3.8) is 0 Å². The number of rotatable bonds is 16. The second kappa shape index (κ2) is 16.6. The van der Waals surface area contributed by atoms with Crippen LogP contribution in [0.1, 0.15) is 96.8 Å². The molecule has 0 radical (unpaired) electrons. The van der Waals surface area contributed by atoms with Crippen LogP contribution in [0.2, 0.25) is 0 Å². The molecule has 0 bridgehead atoms. The van der Waals surface area contributed by atoms with E-state index in [0.717, 1.165) is 25.7 Å². The summed E-state index contributed by atoms with van der Waals surface area (Å²) in [5.41, 5.74) is 0. The summed E-state index contributed by atoms with van der Waals surface area (Å²) in [5.74, 6) is -0.367. The Morgan fingerprint density at radius 3 is 2.33 bits per heavy atom. The highest BCUT2D eigenvalue weighted by molar-refractivity contribution is 5.72. The number of ether oxygens (including phenoxy) is 2. The highest BCUT2D eigenvalue weighted by Crippen LogP contribution is 2.14. The van der Waals surface area contributed by atoms with Gasteiger partial charge in [-0.2, -0.15) is 0 Å². The Kier molecular flexibility index (Phi) is 14.4. The van der Waals surface area contributed by atoms with Crippen LogP contribution in [-0.4, -0.2) is 24.6 Å². The monoisotopic (exact) mass is 378 g/mol. The topological polar surface area (TPSA) is 52.6 Å². The molecule has 27 heavy (non-hydrogen) atoms. The van der Waals surface area contributed by atoms with Crippen LogP contribution in [-0.2, 0) is 19.1 Å². The van der Waals surface area contributed by atoms with Crippen molar-refractivity contribution in [3.05, 3.63) is 24.3 Å². The van der Waals surface area contributed by atoms with E-state index in [1.165, 1.54) is 44.9 Å². The molecule has 0 aromatic carbocycles. The van der Waals surface area contributed by atoms with E-state index < -0.39 is 0 Å². The van der Waals surface area contributed by atoms with E-state index in [1.807, 2.05) is 0 Å². The lowest BCUT2D eigenvalue weighted by atomic mass is 10.1. The lowest BCUT2D eigenvalue weighted by molar-refractivity contribution is -0.152. The van der Waals surface area contributed by atoms with Crippen LogP contribution in [0.5, 0.6) is 0 Å². The highest BCUT2D eigenvalue weighted by atomic mass is 16.6. The van der Waals surface area contributed by atoms with Crippen molar-refractivity contribution in [1.82, 2.24) is 0 Å². The molecule has 0 N–H and O–H groups in total. The van der Waals surface area contributed by atoms with E-state index in [-0.39, 0.29) is 24.6 Å². The molecule has 1 fully saturated rings. The first-order valence-corrected chi connectivity index (χ1v) is 10.9. The Labute approximate surface area is 165 Å². The van der Waals surface area contributed by atoms with Gasteiger partial charge in [-0.1, -0.05) is 63.3 Å². The van der Waals surface area contributed by atoms with Crippen molar-refractivity contribution in [2.45, 2.75) is 103 Å². The summed E-state index contributed by atoms with van der Waals surface area (Å²) in [6.07, 6.45) is 23.3. The van der Waals surface area contributed by atoms with E-state index in [1.54, 1.807) is 0 Å². The van der Waals surface area contributed by atoms with Crippen LogP contribution in [0.3, 0.4) is 0 Å². The van der Waals surface area contributed by atoms with E-state index in [0.29, 0.717) is 19.3 Å². The first-order chi connectivity index (χ1) is 13.2. The molecule has 4 heteroatoms. The fraction of sp³-hybridized carbons (Fsp3) is 0.739. The maximum Gasteiger partial charge on any atom is 0.306 e. The molecule has 0 aromatic heterocycles. The minimum Gasteiger partial charge on any atom is -0.462 e. The lowest BCUT2D eigenvalue weighted by Gasteiger charge is -2.09. The fourth-order valence-electron chi connectivity index (χ4n) is 3.04. The third-order valence-electron chi connectivity index (χ3n) is 4.73. The molecule has 0 amide bonds. The quantitative estimate of drug-likeness (QED) is 0.186. The molecule has 154 valence electrons. The summed E-state index contributed by atoms with van der Waals surface area (Å²) in [6, 6.07) is 0. The third kappa shape index (κ3) is 14.2. The predicted molar refractivity (Wildman–Crippen MR) is 109 cm³/mol. The number of carbonyl (C=O) groups is 2. The summed E-state index contributed by atoms with van der Waals surface area (Å²) in [6.45, 7) is 2.45. The number of allylic oxidation sites excluding steroid dienone is 4. The van der Waals surface area contributed by atoms with Crippen molar-refractivity contribution in [1.29, 1.82) is 0 Å². The van der Waals surface area contributed by atoms with E-state index in [2.05, 4.69) is 31.2 Å². The van der Waals surface area contributed by atoms with E-state index in [9.17, 15) is 9.59 Å². The number of hydrogen-bond donors (Lipinski definition) is 0. The number of esters is 2. The summed E-state index contributed by atoms with van der Waals surface area (Å²) in [5, 5.41) is 0. The molecular weight excluding hydrogens is 340 g/mol. The molecule has 1 rings (SSSR count). The smallest absolute Gasteiger partial charge is 0.306 e. The Bertz CT molecular complexity index is 453. The van der Waals surface area contributed by atoms with E-state index >= 15 is 0 Å². The first-order valence-electron chi connectivity index (χ1n) is 10.9. The molecule has 4 nitrogen and oxygen atoms in total. The van der Waals surface area contributed by atoms with Gasteiger partial charge >= 0.3 is 11.9 Å². The molecule has 1 saturated heterocycles. The van der Waals surface area contributed by atoms with Crippen molar-refractivity contribution in [3.8, 4) is 0 Å². The van der Waals surface area contributed by atoms with Gasteiger partial charge in [-0.15, -0.1) is 0 Å². The number of hydrogen-bond acceptors (Lipinski definition) is 4. The number of carbonyl (C=O) groups excluding carboxylic acids is 2. The largest absolute Gasteiger partial charge is 0.462 e. The average molecular weight is 379 g/mol. The molecule has 0 spiro atoms. The van der Waals surface area contributed by atoms with Gasteiger partial charge in [-0.05, 0) is 44.9 Å². The zero-order chi connectivity index (χ0) is 19.6. The lowest BCUT2D eigenvalue weighted by Crippen LogP contribution is -2.18. The zero-order valence-electron chi connectivity index (χ0n) is 17.1. The molecule has 1 atom stereocenters. The third-order valence-corrected chi connectivity index (χ3v) is 4.73. The minimum absolute atomic E-state index is 0.177. The SMILES string of the molecule is CCCCC/C=C\C/C=C\CCCCCCCC(=O)OC[C@H]1CCC(=O)O1. The van der Waals surface area contributed by atoms with Crippen molar-refractivity contribution >= 4 is 11.9 Å². The van der Waals surface area contributed by atoms with Gasteiger partial charge in [0, 0.05) is 12.8 Å². The number of cyclic esters (lactones) is 1. The molecular formula is C23H38O4. The van der Waals surface area contributed by atoms with Crippen LogP contribution in [0.25, 0.3) is 0 Å². The summed E-state index contributed by atoms with van der Waals surface area (Å²) < 4.78 is 10.2. The Morgan fingerprint density at radius 1 is 1.00 bits per heavy atom. The maximum atomic E-state index is 11.6. The van der Waals surface area contributed by atoms with Gasteiger partial charge in [-0.3, -0.25) is 9.59 Å². The van der Waals surface area contributed by atoms with Crippen LogP contribution < -0.4 is 0 Å². The fourth-order valence-corrected chi connectivity index (χ4v) is 3.04. The molecule has 0 unspecified atom stereocenters. The maximum absolute atomic E-state index is 11.6. The molecule has 1 aliphatic rings. The first kappa shape index (κ1) is 23.5. The van der Waals surface area contributed by atoms with Gasteiger partial charge in [-0.25, -0.2) is 0 Å². The summed E-state index contributed by atoms with van der Waals surface area (Å²) >= 11 is 0. The van der Waals surface area contributed by atoms with Crippen molar-refractivity contribution in [2.24, 2.45) is 0 Å². The van der Waals surface area contributed by atoms with Gasteiger partial charge in [0.1, 0.15) is 12.7 Å². The summed E-state index contributed by atoms with van der Waals surface area (Å²) in [4.78, 5) is 22.6. The molecule has 1 heterocycles. The molecule has 0 saturated carbocycles. The Hall–Kier alpha value is -1.58. The normalized spacial score (nSPS) is 17.1. The Morgan fingerprint density at radius 2 is 1.67 bits per heavy atom. The van der Waals surface area contributed by atoms with Gasteiger partial charge in [0.05, 0.1) is 0 Å². The minimum atomic E-state index is -0.231. The van der Waals surface area contributed by atoms with Crippen molar-refractivity contribution in [2.75, 3.05) is 6.61 Å². The van der Waals surface area contributed by atoms with Crippen LogP contribution >= 0.6 is 0 Å². The average Bonchev–Trinajstić information content (AvgIpc) is 3.08. The van der Waals surface area contributed by atoms with Gasteiger partial charge in [0.15, 0.2) is 0 Å². The van der Waals surface area contributed by atoms with Crippen LogP contribution in [0.15, 0.2) is 24.3 Å². The predicted octanol–water partition coefficient (Wildman–Crippen LogP) is 6.05. The molecule has 0 aromatic rings. The van der Waals surface area contributed by atoms with Gasteiger partial charge < -0.3 is 9.47 Å². The van der Waals surface area contributed by atoms with Crippen molar-refractivity contribution < 1.29 is 19.1 Å². The molecule has 0 aliphatic carbocycles. The number of unbranched alkanes of at least 4 members (excludes halogenated alkanes) is 8. The van der Waals surface area contributed by atoms with Crippen LogP contribution in [0.4, 0.5) is 0 Å². The Balaban J connectivity index is 1.82. The van der Waals surface area contributed by atoms with Gasteiger partial charge in [0.25, 0.3) is 0 Å². The zero-order valence-corrected chi connectivity index (χ0v) is 17.1. The van der Waals surface area contributed by atoms with Gasteiger partial charge in [0.2, 0.25) is 0 Å². The van der Waals surface area contributed by atoms with E-state index in [4.69, 9.17) is 9.47 Å². The second-order valence-corrected chi connectivity index (χ2v) is 7.31. The molecule has 1 aliphatic heterocycles. The van der Waals surface area contributed by atoms with Crippen LogP contribution in [0, 0.1) is 0 Å².